The van der Waals surface area contributed by atoms with E-state index >= 15 is 0 Å². The molecule has 7 nitrogen and oxygen atoms in total. The zero-order valence-corrected chi connectivity index (χ0v) is 19.2. The molecule has 0 aliphatic heterocycles. The third-order valence-electron chi connectivity index (χ3n) is 4.53. The first-order valence-corrected chi connectivity index (χ1v) is 11.3. The largest absolute Gasteiger partial charge is 0.416 e. The van der Waals surface area contributed by atoms with Crippen molar-refractivity contribution in [1.82, 2.24) is 14.5 Å². The molecule has 0 aliphatic rings. The summed E-state index contributed by atoms with van der Waals surface area (Å²) in [6, 6.07) is 8.51. The Morgan fingerprint density at radius 2 is 1.76 bits per heavy atom. The van der Waals surface area contributed by atoms with Gasteiger partial charge in [0.05, 0.1) is 21.8 Å². The molecule has 3 aromatic rings. The fraction of sp³-hybridized carbons (Fsp3) is 0.273. The number of sulfonamides is 1. The third-order valence-corrected chi connectivity index (χ3v) is 6.28. The third kappa shape index (κ3) is 5.79. The number of aryl methyl sites for hydroxylation is 1. The second kappa shape index (κ2) is 8.64. The van der Waals surface area contributed by atoms with Gasteiger partial charge in [-0.05, 0) is 69.7 Å². The molecule has 0 unspecified atom stereocenters. The number of aromatic nitrogens is 2. The molecule has 1 heterocycles. The summed E-state index contributed by atoms with van der Waals surface area (Å²) in [7, 11) is -3.93. The molecule has 1 amide bonds. The maximum atomic E-state index is 13.3. The van der Waals surface area contributed by atoms with Crippen LogP contribution in [-0.4, -0.2) is 29.6 Å². The van der Waals surface area contributed by atoms with Gasteiger partial charge in [0, 0.05) is 23.5 Å². The minimum atomic E-state index is -4.62. The molecule has 0 bridgehead atoms. The van der Waals surface area contributed by atoms with E-state index in [9.17, 15) is 26.4 Å². The van der Waals surface area contributed by atoms with Crippen molar-refractivity contribution < 1.29 is 26.4 Å². The van der Waals surface area contributed by atoms with Crippen LogP contribution < -0.4 is 10.0 Å². The number of alkyl halides is 3. The lowest BCUT2D eigenvalue weighted by Gasteiger charge is -2.21. The number of hydrogen-bond donors (Lipinski definition) is 2. The SMILES string of the molecule is Cc1ccc(S(=O)(=O)NC(C)(C)C)cc1C(=O)Nc1cc(C(F)(F)F)ccc1-n1cccn1. The monoisotopic (exact) mass is 480 g/mol. The van der Waals surface area contributed by atoms with E-state index in [2.05, 4.69) is 15.1 Å². The molecular formula is C22H23F3N4O3S. The van der Waals surface area contributed by atoms with Gasteiger partial charge in [-0.2, -0.15) is 18.3 Å². The maximum absolute atomic E-state index is 13.3. The van der Waals surface area contributed by atoms with Crippen molar-refractivity contribution in [3.63, 3.8) is 0 Å². The number of halogens is 3. The zero-order chi connectivity index (χ0) is 24.6. The number of amides is 1. The quantitative estimate of drug-likeness (QED) is 0.561. The highest BCUT2D eigenvalue weighted by Crippen LogP contribution is 2.33. The molecule has 1 aromatic heterocycles. The molecule has 33 heavy (non-hydrogen) atoms. The molecule has 0 saturated carbocycles. The van der Waals surface area contributed by atoms with Crippen molar-refractivity contribution in [1.29, 1.82) is 0 Å². The average Bonchev–Trinajstić information content (AvgIpc) is 3.20. The molecule has 0 aliphatic carbocycles. The summed E-state index contributed by atoms with van der Waals surface area (Å²) < 4.78 is 69.0. The number of anilines is 1. The Bertz CT molecular complexity index is 1280. The van der Waals surface area contributed by atoms with Gasteiger partial charge in [0.25, 0.3) is 5.91 Å². The van der Waals surface area contributed by atoms with Crippen LogP contribution in [-0.2, 0) is 16.2 Å². The number of nitrogens with one attached hydrogen (secondary N) is 2. The second-order valence-corrected chi connectivity index (χ2v) is 10.1. The molecule has 176 valence electrons. The molecule has 0 atom stereocenters. The van der Waals surface area contributed by atoms with Crippen LogP contribution in [0.5, 0.6) is 0 Å². The first kappa shape index (κ1) is 24.5. The van der Waals surface area contributed by atoms with Crippen molar-refractivity contribution >= 4 is 21.6 Å². The summed E-state index contributed by atoms with van der Waals surface area (Å²) in [5.41, 5.74) is -1.14. The van der Waals surface area contributed by atoms with Crippen molar-refractivity contribution in [3.8, 4) is 5.69 Å². The zero-order valence-electron chi connectivity index (χ0n) is 18.4. The Kier molecular flexibility index (Phi) is 6.40. The smallest absolute Gasteiger partial charge is 0.320 e. The van der Waals surface area contributed by atoms with Crippen LogP contribution >= 0.6 is 0 Å². The summed E-state index contributed by atoms with van der Waals surface area (Å²) in [6.45, 7) is 6.63. The molecule has 0 radical (unpaired) electrons. The summed E-state index contributed by atoms with van der Waals surface area (Å²) >= 11 is 0. The minimum absolute atomic E-state index is 0.00983. The minimum Gasteiger partial charge on any atom is -0.320 e. The van der Waals surface area contributed by atoms with E-state index in [1.165, 1.54) is 41.3 Å². The van der Waals surface area contributed by atoms with E-state index in [0.29, 0.717) is 5.56 Å². The molecule has 0 spiro atoms. The lowest BCUT2D eigenvalue weighted by atomic mass is 10.1. The van der Waals surface area contributed by atoms with Gasteiger partial charge >= 0.3 is 6.18 Å². The van der Waals surface area contributed by atoms with Crippen LogP contribution in [0.1, 0.15) is 42.3 Å². The topological polar surface area (TPSA) is 93.1 Å². The number of carbonyl (C=O) groups excluding carboxylic acids is 1. The normalized spacial score (nSPS) is 12.6. The van der Waals surface area contributed by atoms with Crippen LogP contribution in [0.25, 0.3) is 5.69 Å². The Balaban J connectivity index is 2.02. The van der Waals surface area contributed by atoms with E-state index < -0.39 is 33.2 Å². The molecule has 3 rings (SSSR count). The van der Waals surface area contributed by atoms with E-state index in [1.807, 2.05) is 0 Å². The number of nitrogens with zero attached hydrogens (tertiary/aromatic N) is 2. The van der Waals surface area contributed by atoms with Crippen LogP contribution in [0.2, 0.25) is 0 Å². The summed E-state index contributed by atoms with van der Waals surface area (Å²) in [6.07, 6.45) is -1.65. The summed E-state index contributed by atoms with van der Waals surface area (Å²) in [5.74, 6) is -0.756. The van der Waals surface area contributed by atoms with Crippen molar-refractivity contribution in [2.75, 3.05) is 5.32 Å². The van der Waals surface area contributed by atoms with E-state index in [4.69, 9.17) is 0 Å². The van der Waals surface area contributed by atoms with Crippen molar-refractivity contribution in [2.45, 2.75) is 44.3 Å². The lowest BCUT2D eigenvalue weighted by molar-refractivity contribution is -0.137. The van der Waals surface area contributed by atoms with Gasteiger partial charge in [0.15, 0.2) is 0 Å². The van der Waals surface area contributed by atoms with Crippen molar-refractivity contribution in [2.24, 2.45) is 0 Å². The van der Waals surface area contributed by atoms with E-state index in [-0.39, 0.29) is 21.8 Å². The predicted octanol–water partition coefficient (Wildman–Crippen LogP) is 4.53. The van der Waals surface area contributed by atoms with E-state index in [0.717, 1.165) is 12.1 Å². The molecule has 2 N–H and O–H groups in total. The average molecular weight is 481 g/mol. The first-order chi connectivity index (χ1) is 15.2. The summed E-state index contributed by atoms with van der Waals surface area (Å²) in [4.78, 5) is 12.9. The van der Waals surface area contributed by atoms with Gasteiger partial charge in [0.2, 0.25) is 10.0 Å². The molecule has 11 heteroatoms. The molecule has 0 saturated heterocycles. The Morgan fingerprint density at radius 1 is 1.06 bits per heavy atom. The van der Waals surface area contributed by atoms with Gasteiger partial charge in [-0.1, -0.05) is 6.07 Å². The van der Waals surface area contributed by atoms with Gasteiger partial charge < -0.3 is 5.32 Å². The first-order valence-electron chi connectivity index (χ1n) is 9.85. The highest BCUT2D eigenvalue weighted by atomic mass is 32.2. The molecule has 0 fully saturated rings. The Morgan fingerprint density at radius 3 is 2.33 bits per heavy atom. The Hall–Kier alpha value is -3.18. The maximum Gasteiger partial charge on any atom is 0.416 e. The number of hydrogen-bond acceptors (Lipinski definition) is 4. The lowest BCUT2D eigenvalue weighted by Crippen LogP contribution is -2.40. The second-order valence-electron chi connectivity index (χ2n) is 8.47. The van der Waals surface area contributed by atoms with Crippen molar-refractivity contribution in [3.05, 3.63) is 71.5 Å². The fourth-order valence-electron chi connectivity index (χ4n) is 3.09. The molecular weight excluding hydrogens is 457 g/mol. The molecule has 2 aromatic carbocycles. The predicted molar refractivity (Wildman–Crippen MR) is 118 cm³/mol. The van der Waals surface area contributed by atoms with Gasteiger partial charge in [-0.3, -0.25) is 4.79 Å². The highest BCUT2D eigenvalue weighted by Gasteiger charge is 2.31. The Labute approximate surface area is 189 Å². The fourth-order valence-corrected chi connectivity index (χ4v) is 4.53. The number of rotatable bonds is 5. The summed E-state index contributed by atoms with van der Waals surface area (Å²) in [5, 5.41) is 6.49. The standard InChI is InChI=1S/C22H23F3N4O3S/c1-14-6-8-16(33(31,32)28-21(2,3)4)13-17(14)20(30)27-18-12-15(22(23,24)25)7-9-19(18)29-11-5-10-26-29/h5-13,28H,1-4H3,(H,27,30). The number of carbonyl (C=O) groups is 1. The van der Waals surface area contributed by atoms with Crippen LogP contribution in [0.15, 0.2) is 59.8 Å². The van der Waals surface area contributed by atoms with Gasteiger partial charge in [-0.15, -0.1) is 0 Å². The van der Waals surface area contributed by atoms with Gasteiger partial charge in [0.1, 0.15) is 0 Å². The van der Waals surface area contributed by atoms with Crippen LogP contribution in [0, 0.1) is 6.92 Å². The van der Waals surface area contributed by atoms with Crippen LogP contribution in [0.3, 0.4) is 0 Å². The van der Waals surface area contributed by atoms with E-state index in [1.54, 1.807) is 33.8 Å². The highest BCUT2D eigenvalue weighted by molar-refractivity contribution is 7.89. The van der Waals surface area contributed by atoms with Crippen LogP contribution in [0.4, 0.5) is 18.9 Å². The van der Waals surface area contributed by atoms with Gasteiger partial charge in [-0.25, -0.2) is 17.8 Å². The number of benzene rings is 2.